The van der Waals surface area contributed by atoms with E-state index in [0.29, 0.717) is 25.8 Å². The van der Waals surface area contributed by atoms with Crippen LogP contribution < -0.4 is 9.47 Å². The van der Waals surface area contributed by atoms with Gasteiger partial charge in [-0.15, -0.1) is 0 Å². The highest BCUT2D eigenvalue weighted by atomic mass is 16.7. The van der Waals surface area contributed by atoms with E-state index < -0.39 is 0 Å². The van der Waals surface area contributed by atoms with Crippen LogP contribution >= 0.6 is 0 Å². The molecule has 1 aromatic heterocycles. The Morgan fingerprint density at radius 3 is 2.36 bits per heavy atom. The van der Waals surface area contributed by atoms with Gasteiger partial charge in [-0.3, -0.25) is 0 Å². The summed E-state index contributed by atoms with van der Waals surface area (Å²) >= 11 is 0. The molecule has 2 aromatic rings. The van der Waals surface area contributed by atoms with E-state index in [1.807, 2.05) is 36.7 Å². The number of benzene rings is 1. The molecule has 6 heteroatoms. The van der Waals surface area contributed by atoms with E-state index in [0.717, 1.165) is 36.1 Å². The van der Waals surface area contributed by atoms with Crippen LogP contribution in [0.15, 0.2) is 36.7 Å². The van der Waals surface area contributed by atoms with Crippen molar-refractivity contribution in [1.29, 1.82) is 0 Å². The number of ether oxygens (including phenoxy) is 4. The van der Waals surface area contributed by atoms with Crippen molar-refractivity contribution in [1.82, 2.24) is 9.97 Å². The summed E-state index contributed by atoms with van der Waals surface area (Å²) in [4.78, 5) is 8.72. The minimum atomic E-state index is -0.347. The van der Waals surface area contributed by atoms with E-state index in [9.17, 15) is 0 Å². The van der Waals surface area contributed by atoms with E-state index in [1.165, 1.54) is 51.4 Å². The van der Waals surface area contributed by atoms with Crippen molar-refractivity contribution < 1.29 is 18.9 Å². The maximum atomic E-state index is 6.20. The Bertz CT molecular complexity index is 819. The average molecular weight is 455 g/mol. The Morgan fingerprint density at radius 2 is 1.61 bits per heavy atom. The Balaban J connectivity index is 1.18. The molecule has 6 nitrogen and oxygen atoms in total. The van der Waals surface area contributed by atoms with Crippen LogP contribution in [0.4, 0.5) is 0 Å². The van der Waals surface area contributed by atoms with E-state index in [2.05, 4.69) is 16.9 Å². The first kappa shape index (κ1) is 24.0. The fourth-order valence-electron chi connectivity index (χ4n) is 4.57. The largest absolute Gasteiger partial charge is 0.491 e. The number of hydrogen-bond donors (Lipinski definition) is 0. The second kappa shape index (κ2) is 12.3. The summed E-state index contributed by atoms with van der Waals surface area (Å²) in [7, 11) is 0. The highest BCUT2D eigenvalue weighted by molar-refractivity contribution is 5.62. The molecular formula is C27H38N2O4. The molecule has 1 unspecified atom stereocenters. The topological polar surface area (TPSA) is 62.7 Å². The Labute approximate surface area is 198 Å². The third-order valence-electron chi connectivity index (χ3n) is 6.51. The Morgan fingerprint density at radius 1 is 0.879 bits per heavy atom. The molecular weight excluding hydrogens is 416 g/mol. The van der Waals surface area contributed by atoms with Gasteiger partial charge in [0.2, 0.25) is 0 Å². The van der Waals surface area contributed by atoms with E-state index in [-0.39, 0.29) is 11.9 Å². The van der Waals surface area contributed by atoms with Crippen LogP contribution in [0.25, 0.3) is 11.1 Å². The molecule has 4 rings (SSSR count). The second-order valence-electron chi connectivity index (χ2n) is 9.23. The monoisotopic (exact) mass is 454 g/mol. The summed E-state index contributed by atoms with van der Waals surface area (Å²) < 4.78 is 23.8. The van der Waals surface area contributed by atoms with Crippen molar-refractivity contribution in [2.24, 2.45) is 0 Å². The van der Waals surface area contributed by atoms with Gasteiger partial charge in [0.1, 0.15) is 18.5 Å². The summed E-state index contributed by atoms with van der Waals surface area (Å²) in [5.41, 5.74) is 2.01. The van der Waals surface area contributed by atoms with Gasteiger partial charge in [0, 0.05) is 30.8 Å². The lowest BCUT2D eigenvalue weighted by Gasteiger charge is -2.31. The van der Waals surface area contributed by atoms with Crippen LogP contribution in [0.5, 0.6) is 11.8 Å². The standard InChI is InChI=1S/C27H38N2O4/c1-2-3-4-5-6-10-17-30-26-28-18-23(19-29-26)22-11-13-24(14-12-22)31-20-25-21-32-27(33-25)15-8-7-9-16-27/h11-14,18-19,25H,2-10,15-17,20-21H2,1H3. The fraction of sp³-hybridized carbons (Fsp3) is 0.630. The van der Waals surface area contributed by atoms with Crippen molar-refractivity contribution in [2.75, 3.05) is 19.8 Å². The number of unbranched alkanes of at least 4 members (excludes halogenated alkanes) is 5. The minimum Gasteiger partial charge on any atom is -0.491 e. The zero-order valence-electron chi connectivity index (χ0n) is 20.0. The molecule has 2 fully saturated rings. The van der Waals surface area contributed by atoms with Gasteiger partial charge in [-0.2, -0.15) is 0 Å². The van der Waals surface area contributed by atoms with Crippen LogP contribution in [-0.2, 0) is 9.47 Å². The van der Waals surface area contributed by atoms with Gasteiger partial charge in [-0.25, -0.2) is 9.97 Å². The maximum Gasteiger partial charge on any atom is 0.316 e. The molecule has 0 bridgehead atoms. The molecule has 0 radical (unpaired) electrons. The smallest absolute Gasteiger partial charge is 0.316 e. The summed E-state index contributed by atoms with van der Waals surface area (Å²) in [6.07, 6.45) is 16.7. The Hall–Kier alpha value is -2.18. The SMILES string of the molecule is CCCCCCCCOc1ncc(-c2ccc(OCC3COC4(CCCCC4)O3)cc2)cn1. The van der Waals surface area contributed by atoms with Gasteiger partial charge in [0.15, 0.2) is 5.79 Å². The summed E-state index contributed by atoms with van der Waals surface area (Å²) in [5, 5.41) is 0. The minimum absolute atomic E-state index is 0.0000569. The van der Waals surface area contributed by atoms with Gasteiger partial charge in [0.25, 0.3) is 0 Å². The molecule has 0 N–H and O–H groups in total. The first-order valence-corrected chi connectivity index (χ1v) is 12.8. The van der Waals surface area contributed by atoms with Crippen LogP contribution in [0, 0.1) is 0 Å². The maximum absolute atomic E-state index is 6.20. The molecule has 2 aliphatic rings. The quantitative estimate of drug-likeness (QED) is 0.349. The van der Waals surface area contributed by atoms with Gasteiger partial charge < -0.3 is 18.9 Å². The predicted octanol–water partition coefficient (Wildman–Crippen LogP) is 6.34. The second-order valence-corrected chi connectivity index (χ2v) is 9.23. The molecule has 1 saturated carbocycles. The molecule has 1 aliphatic carbocycles. The van der Waals surface area contributed by atoms with E-state index in [4.69, 9.17) is 18.9 Å². The van der Waals surface area contributed by atoms with Gasteiger partial charge in [0.05, 0.1) is 13.2 Å². The molecule has 1 aromatic carbocycles. The molecule has 1 atom stereocenters. The first-order valence-electron chi connectivity index (χ1n) is 12.8. The molecule has 0 amide bonds. The normalized spacial score (nSPS) is 19.6. The Kier molecular flexibility index (Phi) is 8.95. The van der Waals surface area contributed by atoms with Crippen molar-refractivity contribution in [3.05, 3.63) is 36.7 Å². The van der Waals surface area contributed by atoms with E-state index in [1.54, 1.807) is 0 Å². The molecule has 33 heavy (non-hydrogen) atoms. The number of nitrogens with zero attached hydrogens (tertiary/aromatic N) is 2. The zero-order valence-corrected chi connectivity index (χ0v) is 20.0. The van der Waals surface area contributed by atoms with Gasteiger partial charge >= 0.3 is 6.01 Å². The molecule has 2 heterocycles. The van der Waals surface area contributed by atoms with Crippen LogP contribution in [0.1, 0.15) is 77.6 Å². The summed E-state index contributed by atoms with van der Waals surface area (Å²) in [5.74, 6) is 0.479. The summed E-state index contributed by atoms with van der Waals surface area (Å²) in [6, 6.07) is 8.45. The van der Waals surface area contributed by atoms with Gasteiger partial charge in [-0.05, 0) is 37.0 Å². The lowest BCUT2D eigenvalue weighted by molar-refractivity contribution is -0.189. The third-order valence-corrected chi connectivity index (χ3v) is 6.51. The average Bonchev–Trinajstić information content (AvgIpc) is 3.25. The fourth-order valence-corrected chi connectivity index (χ4v) is 4.57. The highest BCUT2D eigenvalue weighted by Crippen LogP contribution is 2.37. The molecule has 1 spiro atoms. The number of aromatic nitrogens is 2. The van der Waals surface area contributed by atoms with Crippen molar-refractivity contribution in [2.45, 2.75) is 89.4 Å². The third kappa shape index (κ3) is 7.15. The van der Waals surface area contributed by atoms with Crippen LogP contribution in [-0.4, -0.2) is 41.7 Å². The van der Waals surface area contributed by atoms with Crippen LogP contribution in [0.3, 0.4) is 0 Å². The molecule has 1 saturated heterocycles. The highest BCUT2D eigenvalue weighted by Gasteiger charge is 2.42. The number of hydrogen-bond acceptors (Lipinski definition) is 6. The van der Waals surface area contributed by atoms with Crippen LogP contribution in [0.2, 0.25) is 0 Å². The predicted molar refractivity (Wildman–Crippen MR) is 128 cm³/mol. The van der Waals surface area contributed by atoms with Crippen molar-refractivity contribution in [3.63, 3.8) is 0 Å². The van der Waals surface area contributed by atoms with Crippen molar-refractivity contribution >= 4 is 0 Å². The molecule has 180 valence electrons. The molecule has 1 aliphatic heterocycles. The van der Waals surface area contributed by atoms with Gasteiger partial charge in [-0.1, -0.05) is 57.6 Å². The first-order chi connectivity index (χ1) is 16.3. The van der Waals surface area contributed by atoms with E-state index >= 15 is 0 Å². The zero-order chi connectivity index (χ0) is 22.8. The van der Waals surface area contributed by atoms with Crippen molar-refractivity contribution in [3.8, 4) is 22.9 Å². The summed E-state index contributed by atoms with van der Waals surface area (Å²) in [6.45, 7) is 4.03. The lowest BCUT2D eigenvalue weighted by atomic mass is 9.94. The lowest BCUT2D eigenvalue weighted by Crippen LogP contribution is -2.34. The number of rotatable bonds is 12.